The molecule has 1 heterocycles. The molecule has 98 valence electrons. The summed E-state index contributed by atoms with van der Waals surface area (Å²) in [6, 6.07) is 9.55. The normalized spacial score (nSPS) is 10.4. The molecule has 0 amide bonds. The zero-order valence-corrected chi connectivity index (χ0v) is 10.8. The van der Waals surface area contributed by atoms with Crippen molar-refractivity contribution in [3.05, 3.63) is 47.7 Å². The minimum atomic E-state index is -1.06. The van der Waals surface area contributed by atoms with Gasteiger partial charge in [-0.05, 0) is 23.6 Å². The maximum Gasteiger partial charge on any atom is 0.340 e. The molecule has 0 aliphatic heterocycles. The Labute approximate surface area is 111 Å². The van der Waals surface area contributed by atoms with Gasteiger partial charge in [0.25, 0.3) is 0 Å². The Balaban J connectivity index is 2.47. The third-order valence-electron chi connectivity index (χ3n) is 3.00. The standard InChI is InChI=1S/C15H16N2O2/c1-2-3-10-4-6-11(7-5-10)12-8-9-17-14(16)13(12)15(18)19/h4-9H,2-3H2,1H3,(H2,16,17)(H,18,19). The largest absolute Gasteiger partial charge is 0.478 e. The van der Waals surface area contributed by atoms with Crippen LogP contribution >= 0.6 is 0 Å². The lowest BCUT2D eigenvalue weighted by Crippen LogP contribution is -2.06. The average Bonchev–Trinajstić information content (AvgIpc) is 2.39. The number of nitrogens with zero attached hydrogens (tertiary/aromatic N) is 1. The van der Waals surface area contributed by atoms with E-state index in [4.69, 9.17) is 5.73 Å². The van der Waals surface area contributed by atoms with Crippen LogP contribution in [0.4, 0.5) is 5.82 Å². The maximum atomic E-state index is 11.3. The highest BCUT2D eigenvalue weighted by molar-refractivity contribution is 6.00. The first kappa shape index (κ1) is 13.1. The van der Waals surface area contributed by atoms with Crippen molar-refractivity contribution in [3.63, 3.8) is 0 Å². The predicted octanol–water partition coefficient (Wildman–Crippen LogP) is 2.98. The van der Waals surface area contributed by atoms with E-state index in [1.165, 1.54) is 11.8 Å². The van der Waals surface area contributed by atoms with Crippen LogP contribution in [0.1, 0.15) is 29.3 Å². The number of aryl methyl sites for hydroxylation is 1. The fourth-order valence-electron chi connectivity index (χ4n) is 2.08. The van der Waals surface area contributed by atoms with Gasteiger partial charge in [0, 0.05) is 11.8 Å². The number of carbonyl (C=O) groups is 1. The predicted molar refractivity (Wildman–Crippen MR) is 75.0 cm³/mol. The summed E-state index contributed by atoms with van der Waals surface area (Å²) in [7, 11) is 0. The van der Waals surface area contributed by atoms with E-state index in [0.29, 0.717) is 5.56 Å². The summed E-state index contributed by atoms with van der Waals surface area (Å²) in [4.78, 5) is 15.1. The number of nitrogens with two attached hydrogens (primary N) is 1. The van der Waals surface area contributed by atoms with E-state index in [1.807, 2.05) is 24.3 Å². The first-order valence-electron chi connectivity index (χ1n) is 6.20. The van der Waals surface area contributed by atoms with Gasteiger partial charge >= 0.3 is 5.97 Å². The number of nitrogen functional groups attached to an aromatic ring is 1. The summed E-state index contributed by atoms with van der Waals surface area (Å²) in [5.74, 6) is -1.01. The van der Waals surface area contributed by atoms with Crippen molar-refractivity contribution in [1.29, 1.82) is 0 Å². The molecular formula is C15H16N2O2. The number of benzene rings is 1. The molecule has 1 aromatic heterocycles. The topological polar surface area (TPSA) is 76.2 Å². The molecule has 0 aliphatic carbocycles. The van der Waals surface area contributed by atoms with Gasteiger partial charge in [0.05, 0.1) is 0 Å². The quantitative estimate of drug-likeness (QED) is 0.881. The molecule has 0 fully saturated rings. The number of anilines is 1. The second-order valence-corrected chi connectivity index (χ2v) is 4.37. The third-order valence-corrected chi connectivity index (χ3v) is 3.00. The number of aromatic nitrogens is 1. The van der Waals surface area contributed by atoms with Crippen molar-refractivity contribution in [2.75, 3.05) is 5.73 Å². The highest BCUT2D eigenvalue weighted by atomic mass is 16.4. The molecule has 2 rings (SSSR count). The van der Waals surface area contributed by atoms with Crippen molar-refractivity contribution in [2.24, 2.45) is 0 Å². The summed E-state index contributed by atoms with van der Waals surface area (Å²) in [6.07, 6.45) is 3.63. The molecule has 3 N–H and O–H groups in total. The molecule has 0 spiro atoms. The van der Waals surface area contributed by atoms with Gasteiger partial charge in [-0.25, -0.2) is 9.78 Å². The van der Waals surface area contributed by atoms with Gasteiger partial charge in [-0.3, -0.25) is 0 Å². The minimum absolute atomic E-state index is 0.0441. The van der Waals surface area contributed by atoms with Crippen LogP contribution < -0.4 is 5.73 Å². The van der Waals surface area contributed by atoms with Gasteiger partial charge < -0.3 is 10.8 Å². The molecule has 0 aliphatic rings. The lowest BCUT2D eigenvalue weighted by molar-refractivity contribution is 0.0698. The highest BCUT2D eigenvalue weighted by Crippen LogP contribution is 2.26. The molecular weight excluding hydrogens is 240 g/mol. The molecule has 0 unspecified atom stereocenters. The highest BCUT2D eigenvalue weighted by Gasteiger charge is 2.15. The Morgan fingerprint density at radius 3 is 2.53 bits per heavy atom. The van der Waals surface area contributed by atoms with E-state index in [1.54, 1.807) is 6.07 Å². The first-order valence-corrected chi connectivity index (χ1v) is 6.20. The van der Waals surface area contributed by atoms with E-state index in [2.05, 4.69) is 11.9 Å². The summed E-state index contributed by atoms with van der Waals surface area (Å²) in [5.41, 5.74) is 8.39. The second-order valence-electron chi connectivity index (χ2n) is 4.37. The minimum Gasteiger partial charge on any atom is -0.478 e. The smallest absolute Gasteiger partial charge is 0.340 e. The molecule has 4 nitrogen and oxygen atoms in total. The molecule has 4 heteroatoms. The Hall–Kier alpha value is -2.36. The van der Waals surface area contributed by atoms with Crippen molar-refractivity contribution in [3.8, 4) is 11.1 Å². The van der Waals surface area contributed by atoms with Crippen molar-refractivity contribution < 1.29 is 9.90 Å². The Bertz CT molecular complexity index is 592. The molecule has 0 saturated carbocycles. The number of hydrogen-bond donors (Lipinski definition) is 2. The summed E-state index contributed by atoms with van der Waals surface area (Å²) < 4.78 is 0. The third kappa shape index (κ3) is 2.73. The fraction of sp³-hybridized carbons (Fsp3) is 0.200. The van der Waals surface area contributed by atoms with Crippen LogP contribution in [0.15, 0.2) is 36.5 Å². The van der Waals surface area contributed by atoms with Crippen LogP contribution in [0.2, 0.25) is 0 Å². The van der Waals surface area contributed by atoms with Crippen LogP contribution in [-0.4, -0.2) is 16.1 Å². The Morgan fingerprint density at radius 2 is 1.95 bits per heavy atom. The van der Waals surface area contributed by atoms with Gasteiger partial charge in [0.15, 0.2) is 0 Å². The van der Waals surface area contributed by atoms with Crippen LogP contribution in [0.25, 0.3) is 11.1 Å². The van der Waals surface area contributed by atoms with Crippen LogP contribution in [0, 0.1) is 0 Å². The molecule has 0 saturated heterocycles. The molecule has 2 aromatic rings. The lowest BCUT2D eigenvalue weighted by Gasteiger charge is -2.08. The van der Waals surface area contributed by atoms with Crippen molar-refractivity contribution in [2.45, 2.75) is 19.8 Å². The number of carboxylic acids is 1. The fourth-order valence-corrected chi connectivity index (χ4v) is 2.08. The van der Waals surface area contributed by atoms with Gasteiger partial charge in [0.2, 0.25) is 0 Å². The average molecular weight is 256 g/mol. The molecule has 0 bridgehead atoms. The number of rotatable bonds is 4. The van der Waals surface area contributed by atoms with E-state index >= 15 is 0 Å². The van der Waals surface area contributed by atoms with E-state index in [0.717, 1.165) is 18.4 Å². The number of hydrogen-bond acceptors (Lipinski definition) is 3. The SMILES string of the molecule is CCCc1ccc(-c2ccnc(N)c2C(=O)O)cc1. The zero-order valence-electron chi connectivity index (χ0n) is 10.8. The van der Waals surface area contributed by atoms with Crippen LogP contribution in [-0.2, 0) is 6.42 Å². The number of aromatic carboxylic acids is 1. The Kier molecular flexibility index (Phi) is 3.80. The maximum absolute atomic E-state index is 11.3. The van der Waals surface area contributed by atoms with E-state index < -0.39 is 5.97 Å². The van der Waals surface area contributed by atoms with E-state index in [-0.39, 0.29) is 11.4 Å². The second kappa shape index (κ2) is 5.52. The van der Waals surface area contributed by atoms with Gasteiger partial charge in [-0.1, -0.05) is 37.6 Å². The monoisotopic (exact) mass is 256 g/mol. The zero-order chi connectivity index (χ0) is 13.8. The Morgan fingerprint density at radius 1 is 1.26 bits per heavy atom. The molecule has 0 atom stereocenters. The summed E-state index contributed by atoms with van der Waals surface area (Å²) in [6.45, 7) is 2.13. The van der Waals surface area contributed by atoms with E-state index in [9.17, 15) is 9.90 Å². The first-order chi connectivity index (χ1) is 9.13. The molecule has 0 radical (unpaired) electrons. The van der Waals surface area contributed by atoms with Crippen LogP contribution in [0.5, 0.6) is 0 Å². The summed E-state index contributed by atoms with van der Waals surface area (Å²) >= 11 is 0. The van der Waals surface area contributed by atoms with Crippen molar-refractivity contribution in [1.82, 2.24) is 4.98 Å². The van der Waals surface area contributed by atoms with Gasteiger partial charge in [0.1, 0.15) is 11.4 Å². The van der Waals surface area contributed by atoms with Crippen LogP contribution in [0.3, 0.4) is 0 Å². The van der Waals surface area contributed by atoms with Crippen molar-refractivity contribution >= 4 is 11.8 Å². The molecule has 19 heavy (non-hydrogen) atoms. The number of pyridine rings is 1. The number of carboxylic acid groups (broad SMARTS) is 1. The lowest BCUT2D eigenvalue weighted by atomic mass is 9.99. The summed E-state index contributed by atoms with van der Waals surface area (Å²) in [5, 5.41) is 9.23. The molecule has 1 aromatic carbocycles. The van der Waals surface area contributed by atoms with Gasteiger partial charge in [-0.2, -0.15) is 0 Å². The van der Waals surface area contributed by atoms with Gasteiger partial charge in [-0.15, -0.1) is 0 Å².